The van der Waals surface area contributed by atoms with Crippen LogP contribution in [0.4, 0.5) is 5.69 Å². The molecule has 4 heteroatoms. The highest BCUT2D eigenvalue weighted by molar-refractivity contribution is 5.78. The van der Waals surface area contributed by atoms with Crippen molar-refractivity contribution in [3.05, 3.63) is 30.6 Å². The first kappa shape index (κ1) is 11.8. The average molecular weight is 231 g/mol. The van der Waals surface area contributed by atoms with Gasteiger partial charge in [0.15, 0.2) is 0 Å². The number of hydrogen-bond acceptors (Lipinski definition) is 4. The highest BCUT2D eigenvalue weighted by Gasteiger charge is 2.10. The third-order valence-electron chi connectivity index (χ3n) is 2.94. The van der Waals surface area contributed by atoms with E-state index in [1.165, 1.54) is 0 Å². The first-order valence-electron chi connectivity index (χ1n) is 5.71. The second-order valence-corrected chi connectivity index (χ2v) is 4.13. The van der Waals surface area contributed by atoms with Gasteiger partial charge in [-0.3, -0.25) is 9.97 Å². The third kappa shape index (κ3) is 2.71. The summed E-state index contributed by atoms with van der Waals surface area (Å²) in [5.41, 5.74) is 2.84. The summed E-state index contributed by atoms with van der Waals surface area (Å²) in [5.74, 6) is 0. The zero-order chi connectivity index (χ0) is 12.3. The SMILES string of the molecule is COC(C)C(C)Nc1ccc2nccnc2c1. The average Bonchev–Trinajstić information content (AvgIpc) is 2.37. The van der Waals surface area contributed by atoms with E-state index in [1.54, 1.807) is 19.5 Å². The fraction of sp³-hybridized carbons (Fsp3) is 0.385. The number of rotatable bonds is 4. The van der Waals surface area contributed by atoms with Crippen LogP contribution in [-0.4, -0.2) is 29.2 Å². The Kier molecular flexibility index (Phi) is 3.54. The number of nitrogens with one attached hydrogen (secondary N) is 1. The molecule has 0 spiro atoms. The number of aromatic nitrogens is 2. The molecule has 2 aromatic rings. The Labute approximate surface area is 101 Å². The number of hydrogen-bond donors (Lipinski definition) is 1. The molecule has 1 heterocycles. The van der Waals surface area contributed by atoms with Crippen LogP contribution in [0.1, 0.15) is 13.8 Å². The lowest BCUT2D eigenvalue weighted by atomic mass is 10.2. The van der Waals surface area contributed by atoms with Gasteiger partial charge in [0.2, 0.25) is 0 Å². The fourth-order valence-corrected chi connectivity index (χ4v) is 1.64. The van der Waals surface area contributed by atoms with Crippen molar-refractivity contribution >= 4 is 16.7 Å². The van der Waals surface area contributed by atoms with Crippen LogP contribution in [0.3, 0.4) is 0 Å². The second-order valence-electron chi connectivity index (χ2n) is 4.13. The van der Waals surface area contributed by atoms with E-state index in [1.807, 2.05) is 25.1 Å². The fourth-order valence-electron chi connectivity index (χ4n) is 1.64. The van der Waals surface area contributed by atoms with E-state index in [0.29, 0.717) is 0 Å². The Hall–Kier alpha value is -1.68. The van der Waals surface area contributed by atoms with Crippen molar-refractivity contribution in [1.29, 1.82) is 0 Å². The monoisotopic (exact) mass is 231 g/mol. The standard InChI is InChI=1S/C13H17N3O/c1-9(10(2)17-3)16-11-4-5-12-13(8-11)15-7-6-14-12/h4-10,16H,1-3H3. The van der Waals surface area contributed by atoms with E-state index in [-0.39, 0.29) is 12.1 Å². The first-order valence-corrected chi connectivity index (χ1v) is 5.71. The highest BCUT2D eigenvalue weighted by atomic mass is 16.5. The van der Waals surface area contributed by atoms with Gasteiger partial charge in [0, 0.05) is 31.2 Å². The van der Waals surface area contributed by atoms with Crippen LogP contribution in [0, 0.1) is 0 Å². The molecule has 1 aromatic carbocycles. The van der Waals surface area contributed by atoms with Crippen molar-refractivity contribution in [1.82, 2.24) is 9.97 Å². The van der Waals surface area contributed by atoms with Gasteiger partial charge in [-0.2, -0.15) is 0 Å². The number of anilines is 1. The quantitative estimate of drug-likeness (QED) is 0.878. The molecule has 0 amide bonds. The van der Waals surface area contributed by atoms with Crippen molar-refractivity contribution in [2.75, 3.05) is 12.4 Å². The summed E-state index contributed by atoms with van der Waals surface area (Å²) in [4.78, 5) is 8.52. The Morgan fingerprint density at radius 3 is 2.53 bits per heavy atom. The largest absolute Gasteiger partial charge is 0.380 e. The molecule has 1 N–H and O–H groups in total. The van der Waals surface area contributed by atoms with Crippen molar-refractivity contribution in [3.8, 4) is 0 Å². The van der Waals surface area contributed by atoms with Gasteiger partial charge in [0.05, 0.1) is 17.1 Å². The number of ether oxygens (including phenoxy) is 1. The van der Waals surface area contributed by atoms with Gasteiger partial charge in [-0.05, 0) is 32.0 Å². The van der Waals surface area contributed by atoms with E-state index >= 15 is 0 Å². The lowest BCUT2D eigenvalue weighted by Gasteiger charge is -2.21. The summed E-state index contributed by atoms with van der Waals surface area (Å²) >= 11 is 0. The van der Waals surface area contributed by atoms with Gasteiger partial charge in [0.1, 0.15) is 0 Å². The van der Waals surface area contributed by atoms with E-state index in [0.717, 1.165) is 16.7 Å². The van der Waals surface area contributed by atoms with Gasteiger partial charge in [0.25, 0.3) is 0 Å². The number of methoxy groups -OCH3 is 1. The molecular formula is C13H17N3O. The van der Waals surface area contributed by atoms with Gasteiger partial charge in [-0.1, -0.05) is 0 Å². The van der Waals surface area contributed by atoms with Crippen LogP contribution in [0.5, 0.6) is 0 Å². The van der Waals surface area contributed by atoms with Crippen LogP contribution >= 0.6 is 0 Å². The lowest BCUT2D eigenvalue weighted by Crippen LogP contribution is -2.29. The number of nitrogens with zero attached hydrogens (tertiary/aromatic N) is 2. The van der Waals surface area contributed by atoms with Crippen molar-refractivity contribution in [2.24, 2.45) is 0 Å². The molecule has 0 saturated heterocycles. The summed E-state index contributed by atoms with van der Waals surface area (Å²) in [7, 11) is 1.72. The minimum Gasteiger partial charge on any atom is -0.380 e. The molecule has 2 unspecified atom stereocenters. The summed E-state index contributed by atoms with van der Waals surface area (Å²) in [5, 5.41) is 3.39. The van der Waals surface area contributed by atoms with Crippen molar-refractivity contribution < 1.29 is 4.74 Å². The highest BCUT2D eigenvalue weighted by Crippen LogP contribution is 2.16. The Bertz CT molecular complexity index is 501. The zero-order valence-corrected chi connectivity index (χ0v) is 10.3. The molecule has 0 aliphatic heterocycles. The van der Waals surface area contributed by atoms with Gasteiger partial charge >= 0.3 is 0 Å². The summed E-state index contributed by atoms with van der Waals surface area (Å²) in [6.45, 7) is 4.13. The maximum absolute atomic E-state index is 5.28. The molecule has 90 valence electrons. The Morgan fingerprint density at radius 2 is 1.82 bits per heavy atom. The molecular weight excluding hydrogens is 214 g/mol. The van der Waals surface area contributed by atoms with Crippen molar-refractivity contribution in [3.63, 3.8) is 0 Å². The topological polar surface area (TPSA) is 47.0 Å². The summed E-state index contributed by atoms with van der Waals surface area (Å²) in [6, 6.07) is 6.22. The first-order chi connectivity index (χ1) is 8.20. The van der Waals surface area contributed by atoms with Crippen LogP contribution in [-0.2, 0) is 4.74 Å². The maximum Gasteiger partial charge on any atom is 0.0907 e. The molecule has 17 heavy (non-hydrogen) atoms. The molecule has 0 aliphatic rings. The van der Waals surface area contributed by atoms with Gasteiger partial charge in [-0.15, -0.1) is 0 Å². The smallest absolute Gasteiger partial charge is 0.0907 e. The molecule has 0 saturated carbocycles. The normalized spacial score (nSPS) is 14.5. The van der Waals surface area contributed by atoms with Gasteiger partial charge < -0.3 is 10.1 Å². The third-order valence-corrected chi connectivity index (χ3v) is 2.94. The van der Waals surface area contributed by atoms with E-state index < -0.39 is 0 Å². The summed E-state index contributed by atoms with van der Waals surface area (Å²) < 4.78 is 5.28. The second kappa shape index (κ2) is 5.10. The molecule has 0 bridgehead atoms. The predicted octanol–water partition coefficient (Wildman–Crippen LogP) is 2.47. The van der Waals surface area contributed by atoms with E-state index in [9.17, 15) is 0 Å². The van der Waals surface area contributed by atoms with Crippen LogP contribution < -0.4 is 5.32 Å². The van der Waals surface area contributed by atoms with Gasteiger partial charge in [-0.25, -0.2) is 0 Å². The summed E-state index contributed by atoms with van der Waals surface area (Å²) in [6.07, 6.45) is 3.56. The molecule has 4 nitrogen and oxygen atoms in total. The van der Waals surface area contributed by atoms with Crippen LogP contribution in [0.15, 0.2) is 30.6 Å². The molecule has 0 fully saturated rings. The minimum atomic E-state index is 0.160. The minimum absolute atomic E-state index is 0.160. The molecule has 0 radical (unpaired) electrons. The van der Waals surface area contributed by atoms with Crippen LogP contribution in [0.2, 0.25) is 0 Å². The maximum atomic E-state index is 5.28. The lowest BCUT2D eigenvalue weighted by molar-refractivity contribution is 0.106. The molecule has 0 aliphatic carbocycles. The Balaban J connectivity index is 2.19. The molecule has 2 rings (SSSR count). The Morgan fingerprint density at radius 1 is 1.12 bits per heavy atom. The number of benzene rings is 1. The van der Waals surface area contributed by atoms with Crippen LogP contribution in [0.25, 0.3) is 11.0 Å². The molecule has 1 aromatic heterocycles. The predicted molar refractivity (Wildman–Crippen MR) is 69.1 cm³/mol. The number of fused-ring (bicyclic) bond motifs is 1. The van der Waals surface area contributed by atoms with Crippen molar-refractivity contribution in [2.45, 2.75) is 26.0 Å². The van der Waals surface area contributed by atoms with E-state index in [2.05, 4.69) is 22.2 Å². The zero-order valence-electron chi connectivity index (χ0n) is 10.3. The van der Waals surface area contributed by atoms with E-state index in [4.69, 9.17) is 4.74 Å². The molecule has 2 atom stereocenters.